The number of carbonyl (C=O) groups excluding carboxylic acids is 2. The van der Waals surface area contributed by atoms with Gasteiger partial charge >= 0.3 is 0 Å². The van der Waals surface area contributed by atoms with Gasteiger partial charge < -0.3 is 19.3 Å². The van der Waals surface area contributed by atoms with E-state index in [2.05, 4.69) is 11.0 Å². The number of hydrogen-bond acceptors (Lipinski definition) is 5. The third kappa shape index (κ3) is 3.85. The van der Waals surface area contributed by atoms with Crippen LogP contribution in [-0.4, -0.2) is 57.8 Å². The van der Waals surface area contributed by atoms with Crippen LogP contribution in [0.3, 0.4) is 0 Å². The number of anilines is 2. The monoisotopic (exact) mass is 410 g/mol. The second-order valence-electron chi connectivity index (χ2n) is 7.57. The Morgan fingerprint density at radius 3 is 2.40 bits per heavy atom. The molecule has 0 bridgehead atoms. The van der Waals surface area contributed by atoms with Crippen LogP contribution in [0.2, 0.25) is 0 Å². The molecule has 2 heterocycles. The summed E-state index contributed by atoms with van der Waals surface area (Å²) in [4.78, 5) is 30.5. The molecule has 2 aliphatic heterocycles. The highest BCUT2D eigenvalue weighted by atomic mass is 16.5. The van der Waals surface area contributed by atoms with Gasteiger partial charge in [-0.2, -0.15) is 0 Å². The largest absolute Gasteiger partial charge is 0.495 e. The van der Waals surface area contributed by atoms with E-state index in [4.69, 9.17) is 9.47 Å². The average molecular weight is 410 g/mol. The minimum atomic E-state index is -0.316. The molecule has 4 rings (SSSR count). The van der Waals surface area contributed by atoms with Gasteiger partial charge in [0.2, 0.25) is 5.91 Å². The molecule has 7 heteroatoms. The highest BCUT2D eigenvalue weighted by Gasteiger charge is 2.46. The Kier molecular flexibility index (Phi) is 5.90. The molecule has 158 valence electrons. The Labute approximate surface area is 176 Å². The molecule has 0 saturated carbocycles. The lowest BCUT2D eigenvalue weighted by Crippen LogP contribution is -3.19. The number of piperazine rings is 1. The van der Waals surface area contributed by atoms with E-state index >= 15 is 0 Å². The summed E-state index contributed by atoms with van der Waals surface area (Å²) >= 11 is 0. The van der Waals surface area contributed by atoms with E-state index in [0.29, 0.717) is 12.3 Å². The lowest BCUT2D eigenvalue weighted by Gasteiger charge is -2.36. The highest BCUT2D eigenvalue weighted by molar-refractivity contribution is 6.21. The third-order valence-electron chi connectivity index (χ3n) is 5.88. The summed E-state index contributed by atoms with van der Waals surface area (Å²) in [6.07, 6.45) is 0.260. The highest BCUT2D eigenvalue weighted by Crippen LogP contribution is 2.28. The Morgan fingerprint density at radius 1 is 1.03 bits per heavy atom. The van der Waals surface area contributed by atoms with Crippen molar-refractivity contribution in [2.24, 2.45) is 0 Å². The van der Waals surface area contributed by atoms with Crippen molar-refractivity contribution in [2.45, 2.75) is 19.4 Å². The van der Waals surface area contributed by atoms with Crippen LogP contribution < -0.4 is 24.2 Å². The number of benzene rings is 2. The van der Waals surface area contributed by atoms with Crippen LogP contribution in [0.15, 0.2) is 48.5 Å². The van der Waals surface area contributed by atoms with Crippen LogP contribution in [-0.2, 0) is 9.59 Å². The van der Waals surface area contributed by atoms with E-state index in [1.807, 2.05) is 25.1 Å². The predicted octanol–water partition coefficient (Wildman–Crippen LogP) is 1.13. The fourth-order valence-electron chi connectivity index (χ4n) is 4.35. The number of rotatable bonds is 6. The first-order valence-corrected chi connectivity index (χ1v) is 10.4. The molecular weight excluding hydrogens is 382 g/mol. The number of carbonyl (C=O) groups is 2. The van der Waals surface area contributed by atoms with Gasteiger partial charge in [-0.05, 0) is 43.3 Å². The van der Waals surface area contributed by atoms with Gasteiger partial charge in [-0.15, -0.1) is 0 Å². The Morgan fingerprint density at radius 2 is 1.73 bits per heavy atom. The van der Waals surface area contributed by atoms with Crippen LogP contribution in [0.5, 0.6) is 11.5 Å². The maximum absolute atomic E-state index is 13.1. The average Bonchev–Trinajstić information content (AvgIpc) is 3.08. The summed E-state index contributed by atoms with van der Waals surface area (Å²) < 4.78 is 10.9. The minimum Gasteiger partial charge on any atom is -0.495 e. The van der Waals surface area contributed by atoms with Crippen LogP contribution in [0.4, 0.5) is 11.4 Å². The molecule has 2 fully saturated rings. The van der Waals surface area contributed by atoms with Crippen molar-refractivity contribution in [3.8, 4) is 11.5 Å². The molecule has 30 heavy (non-hydrogen) atoms. The molecule has 0 spiro atoms. The second kappa shape index (κ2) is 8.75. The zero-order chi connectivity index (χ0) is 21.1. The van der Waals surface area contributed by atoms with Crippen LogP contribution in [0.25, 0.3) is 0 Å². The summed E-state index contributed by atoms with van der Waals surface area (Å²) in [5.41, 5.74) is 1.69. The standard InChI is InChI=1S/C23H27N3O4/c1-3-30-18-10-8-17(9-11-18)26-22(27)16-20(23(26)28)25-14-12-24(13-15-25)19-6-4-5-7-21(19)29-2/h4-11,20H,3,12-16H2,1-2H3/p+1/t20-/m1/s1. The number of nitrogens with one attached hydrogen (secondary N) is 1. The fourth-order valence-corrected chi connectivity index (χ4v) is 4.35. The van der Waals surface area contributed by atoms with Gasteiger partial charge in [-0.1, -0.05) is 12.1 Å². The number of para-hydroxylation sites is 2. The molecule has 0 radical (unpaired) electrons. The number of ether oxygens (including phenoxy) is 2. The molecule has 0 aliphatic carbocycles. The van der Waals surface area contributed by atoms with Crippen molar-refractivity contribution in [3.05, 3.63) is 48.5 Å². The fraction of sp³-hybridized carbons (Fsp3) is 0.391. The van der Waals surface area contributed by atoms with Crippen molar-refractivity contribution in [1.29, 1.82) is 0 Å². The van der Waals surface area contributed by atoms with E-state index in [1.165, 1.54) is 9.80 Å². The van der Waals surface area contributed by atoms with Gasteiger partial charge in [0.1, 0.15) is 11.5 Å². The van der Waals surface area contributed by atoms with E-state index < -0.39 is 0 Å². The number of methoxy groups -OCH3 is 1. The second-order valence-corrected chi connectivity index (χ2v) is 7.57. The van der Waals surface area contributed by atoms with E-state index in [0.717, 1.165) is 43.4 Å². The number of nitrogens with zero attached hydrogens (tertiary/aromatic N) is 2. The summed E-state index contributed by atoms with van der Waals surface area (Å²) in [7, 11) is 1.68. The number of hydrogen-bond donors (Lipinski definition) is 1. The van der Waals surface area contributed by atoms with Gasteiger partial charge in [-0.25, -0.2) is 4.90 Å². The van der Waals surface area contributed by atoms with Crippen LogP contribution in [0.1, 0.15) is 13.3 Å². The number of amides is 2. The first-order chi connectivity index (χ1) is 14.6. The van der Waals surface area contributed by atoms with Gasteiger partial charge in [0.25, 0.3) is 5.91 Å². The van der Waals surface area contributed by atoms with Crippen molar-refractivity contribution in [1.82, 2.24) is 0 Å². The molecule has 1 N–H and O–H groups in total. The van der Waals surface area contributed by atoms with E-state index in [9.17, 15) is 9.59 Å². The molecule has 2 amide bonds. The Hall–Kier alpha value is -3.06. The molecule has 2 aliphatic rings. The van der Waals surface area contributed by atoms with Gasteiger partial charge in [0, 0.05) is 0 Å². The lowest BCUT2D eigenvalue weighted by molar-refractivity contribution is -0.915. The van der Waals surface area contributed by atoms with E-state index in [1.54, 1.807) is 31.4 Å². The van der Waals surface area contributed by atoms with Crippen LogP contribution >= 0.6 is 0 Å². The Bertz CT molecular complexity index is 907. The molecule has 2 aromatic rings. The topological polar surface area (TPSA) is 63.5 Å². The predicted molar refractivity (Wildman–Crippen MR) is 114 cm³/mol. The van der Waals surface area contributed by atoms with Gasteiger partial charge in [0.15, 0.2) is 6.04 Å². The van der Waals surface area contributed by atoms with Crippen molar-refractivity contribution >= 4 is 23.2 Å². The maximum Gasteiger partial charge on any atom is 0.292 e. The van der Waals surface area contributed by atoms with Gasteiger partial charge in [0.05, 0.1) is 57.7 Å². The van der Waals surface area contributed by atoms with Gasteiger partial charge in [-0.3, -0.25) is 9.59 Å². The van der Waals surface area contributed by atoms with Crippen LogP contribution in [0, 0.1) is 0 Å². The quantitative estimate of drug-likeness (QED) is 0.724. The lowest BCUT2D eigenvalue weighted by atomic mass is 10.1. The molecule has 1 atom stereocenters. The number of quaternary nitrogens is 1. The van der Waals surface area contributed by atoms with Crippen molar-refractivity contribution in [2.75, 3.05) is 49.7 Å². The molecule has 2 aromatic carbocycles. The molecule has 2 saturated heterocycles. The summed E-state index contributed by atoms with van der Waals surface area (Å²) in [6.45, 7) is 5.74. The molecule has 7 nitrogen and oxygen atoms in total. The molecular formula is C23H28N3O4+. The normalized spacial score (nSPS) is 20.0. The molecule has 0 unspecified atom stereocenters. The first kappa shape index (κ1) is 20.2. The first-order valence-electron chi connectivity index (χ1n) is 10.4. The molecule has 0 aromatic heterocycles. The van der Waals surface area contributed by atoms with E-state index in [-0.39, 0.29) is 24.3 Å². The van der Waals surface area contributed by atoms with Crippen molar-refractivity contribution in [3.63, 3.8) is 0 Å². The Balaban J connectivity index is 1.42. The minimum absolute atomic E-state index is 0.107. The third-order valence-corrected chi connectivity index (χ3v) is 5.88. The summed E-state index contributed by atoms with van der Waals surface area (Å²) in [6, 6.07) is 14.8. The number of imide groups is 1. The van der Waals surface area contributed by atoms with Crippen molar-refractivity contribution < 1.29 is 24.0 Å². The zero-order valence-corrected chi connectivity index (χ0v) is 17.5. The maximum atomic E-state index is 13.1. The SMILES string of the molecule is CCOc1ccc(N2C(=O)C[C@@H]([NH+]3CCN(c4ccccc4OC)CC3)C2=O)cc1. The smallest absolute Gasteiger partial charge is 0.292 e. The summed E-state index contributed by atoms with van der Waals surface area (Å²) in [5.74, 6) is 1.35. The zero-order valence-electron chi connectivity index (χ0n) is 17.5. The summed E-state index contributed by atoms with van der Waals surface area (Å²) in [5, 5.41) is 0.